The summed E-state index contributed by atoms with van der Waals surface area (Å²) >= 11 is 0. The fourth-order valence-corrected chi connectivity index (χ4v) is 4.97. The lowest BCUT2D eigenvalue weighted by Gasteiger charge is -2.32. The average Bonchev–Trinajstić information content (AvgIpc) is 3.45. The quantitative estimate of drug-likeness (QED) is 0.484. The Morgan fingerprint density at radius 3 is 2.40 bits per heavy atom. The van der Waals surface area contributed by atoms with Gasteiger partial charge in [0.05, 0.1) is 30.8 Å². The summed E-state index contributed by atoms with van der Waals surface area (Å²) < 4.78 is 11.9. The SMILES string of the molecule is CC[C@H](C(=O)N1CCc2nc(N3CCCC3)nc(Oc3ccccc3OC)c2C1)c1ccccc1. The van der Waals surface area contributed by atoms with E-state index in [1.165, 1.54) is 0 Å². The second-order valence-corrected chi connectivity index (χ2v) is 9.08. The van der Waals surface area contributed by atoms with Gasteiger partial charge >= 0.3 is 0 Å². The highest BCUT2D eigenvalue weighted by Crippen LogP contribution is 2.36. The zero-order valence-electron chi connectivity index (χ0n) is 20.4. The molecule has 0 unspecified atom stereocenters. The Morgan fingerprint density at radius 1 is 0.971 bits per heavy atom. The van der Waals surface area contributed by atoms with Crippen molar-refractivity contribution in [1.29, 1.82) is 0 Å². The Morgan fingerprint density at radius 2 is 1.69 bits per heavy atom. The van der Waals surface area contributed by atoms with Crippen LogP contribution in [0, 0.1) is 0 Å². The van der Waals surface area contributed by atoms with Crippen LogP contribution in [0.4, 0.5) is 5.95 Å². The number of hydrogen-bond donors (Lipinski definition) is 0. The molecular weight excluding hydrogens is 440 g/mol. The molecule has 1 aromatic heterocycles. The molecule has 0 saturated carbocycles. The third-order valence-corrected chi connectivity index (χ3v) is 6.90. The van der Waals surface area contributed by atoms with Crippen LogP contribution in [0.15, 0.2) is 54.6 Å². The number of aromatic nitrogens is 2. The molecule has 2 aromatic carbocycles. The second-order valence-electron chi connectivity index (χ2n) is 9.08. The van der Waals surface area contributed by atoms with E-state index >= 15 is 0 Å². The first kappa shape index (κ1) is 23.1. The monoisotopic (exact) mass is 472 g/mol. The summed E-state index contributed by atoms with van der Waals surface area (Å²) in [5.74, 6) is 2.43. The summed E-state index contributed by atoms with van der Waals surface area (Å²) in [4.78, 5) is 27.5. The lowest BCUT2D eigenvalue weighted by Crippen LogP contribution is -2.39. The molecule has 2 aliphatic rings. The number of methoxy groups -OCH3 is 1. The Labute approximate surface area is 206 Å². The van der Waals surface area contributed by atoms with Crippen molar-refractivity contribution in [2.45, 2.75) is 45.1 Å². The molecule has 0 bridgehead atoms. The van der Waals surface area contributed by atoms with Crippen molar-refractivity contribution in [3.63, 3.8) is 0 Å². The number of nitrogens with zero attached hydrogens (tertiary/aromatic N) is 4. The average molecular weight is 473 g/mol. The molecule has 0 radical (unpaired) electrons. The van der Waals surface area contributed by atoms with Crippen LogP contribution in [-0.2, 0) is 17.8 Å². The van der Waals surface area contributed by atoms with Gasteiger partial charge in [0.25, 0.3) is 0 Å². The van der Waals surface area contributed by atoms with Crippen LogP contribution in [0.1, 0.15) is 48.9 Å². The highest BCUT2D eigenvalue weighted by Gasteiger charge is 2.31. The molecule has 5 rings (SSSR count). The first-order chi connectivity index (χ1) is 17.2. The zero-order chi connectivity index (χ0) is 24.2. The van der Waals surface area contributed by atoms with Crippen LogP contribution in [0.3, 0.4) is 0 Å². The smallest absolute Gasteiger partial charge is 0.230 e. The minimum absolute atomic E-state index is 0.135. The number of amides is 1. The molecule has 7 nitrogen and oxygen atoms in total. The Kier molecular flexibility index (Phi) is 6.84. The second kappa shape index (κ2) is 10.3. The summed E-state index contributed by atoms with van der Waals surface area (Å²) in [6.45, 7) is 5.04. The van der Waals surface area contributed by atoms with E-state index in [1.807, 2.05) is 59.5 Å². The molecular formula is C28H32N4O3. The first-order valence-electron chi connectivity index (χ1n) is 12.5. The van der Waals surface area contributed by atoms with E-state index in [2.05, 4.69) is 11.8 Å². The lowest BCUT2D eigenvalue weighted by molar-refractivity contribution is -0.133. The summed E-state index contributed by atoms with van der Waals surface area (Å²) in [6.07, 6.45) is 3.71. The zero-order valence-corrected chi connectivity index (χ0v) is 20.4. The predicted octanol–water partition coefficient (Wildman–Crippen LogP) is 4.96. The minimum atomic E-state index is -0.166. The van der Waals surface area contributed by atoms with E-state index in [1.54, 1.807) is 7.11 Å². The standard InChI is InChI=1S/C28H32N4O3/c1-3-21(20-11-5-4-6-12-20)27(33)32-18-15-23-22(19-32)26(30-28(29-23)31-16-9-10-17-31)35-25-14-8-7-13-24(25)34-2/h4-8,11-14,21H,3,9-10,15-19H2,1-2H3/t21-/m0/s1. The number of fused-ring (bicyclic) bond motifs is 1. The lowest BCUT2D eigenvalue weighted by atomic mass is 9.94. The molecule has 3 aromatic rings. The van der Waals surface area contributed by atoms with Crippen molar-refractivity contribution in [3.8, 4) is 17.4 Å². The number of rotatable bonds is 7. The fourth-order valence-electron chi connectivity index (χ4n) is 4.97. The van der Waals surface area contributed by atoms with Gasteiger partial charge < -0.3 is 19.3 Å². The van der Waals surface area contributed by atoms with Gasteiger partial charge in [-0.3, -0.25) is 4.79 Å². The van der Waals surface area contributed by atoms with Crippen LogP contribution >= 0.6 is 0 Å². The normalized spacial score (nSPS) is 16.1. The highest BCUT2D eigenvalue weighted by molar-refractivity contribution is 5.84. The van der Waals surface area contributed by atoms with Crippen molar-refractivity contribution in [2.24, 2.45) is 0 Å². The number of hydrogen-bond acceptors (Lipinski definition) is 6. The van der Waals surface area contributed by atoms with E-state index in [-0.39, 0.29) is 11.8 Å². The Bertz CT molecular complexity index is 1180. The summed E-state index contributed by atoms with van der Waals surface area (Å²) in [5, 5.41) is 0. The molecule has 3 heterocycles. The highest BCUT2D eigenvalue weighted by atomic mass is 16.5. The predicted molar refractivity (Wildman–Crippen MR) is 135 cm³/mol. The van der Waals surface area contributed by atoms with E-state index in [9.17, 15) is 4.79 Å². The number of benzene rings is 2. The van der Waals surface area contributed by atoms with Crippen molar-refractivity contribution >= 4 is 11.9 Å². The summed E-state index contributed by atoms with van der Waals surface area (Å²) in [5.41, 5.74) is 2.89. The fraction of sp³-hybridized carbons (Fsp3) is 0.393. The largest absolute Gasteiger partial charge is 0.493 e. The van der Waals surface area contributed by atoms with Crippen LogP contribution in [0.5, 0.6) is 17.4 Å². The van der Waals surface area contributed by atoms with Crippen LogP contribution in [0.25, 0.3) is 0 Å². The number of carbonyl (C=O) groups is 1. The topological polar surface area (TPSA) is 67.8 Å². The molecule has 0 aliphatic carbocycles. The summed E-state index contributed by atoms with van der Waals surface area (Å²) in [6, 6.07) is 17.6. The minimum Gasteiger partial charge on any atom is -0.493 e. The van der Waals surface area contributed by atoms with E-state index < -0.39 is 0 Å². The Balaban J connectivity index is 1.48. The van der Waals surface area contributed by atoms with Crippen molar-refractivity contribution in [3.05, 3.63) is 71.4 Å². The van der Waals surface area contributed by atoms with Gasteiger partial charge in [-0.05, 0) is 37.0 Å². The maximum Gasteiger partial charge on any atom is 0.230 e. The molecule has 2 aliphatic heterocycles. The maximum absolute atomic E-state index is 13.6. The molecule has 182 valence electrons. The van der Waals surface area contributed by atoms with Gasteiger partial charge in [-0.1, -0.05) is 49.4 Å². The third-order valence-electron chi connectivity index (χ3n) is 6.90. The van der Waals surface area contributed by atoms with Gasteiger partial charge in [0.2, 0.25) is 17.7 Å². The van der Waals surface area contributed by atoms with Crippen LogP contribution < -0.4 is 14.4 Å². The Hall–Kier alpha value is -3.61. The molecule has 0 N–H and O–H groups in total. The molecule has 1 saturated heterocycles. The van der Waals surface area contributed by atoms with Gasteiger partial charge in [-0.25, -0.2) is 4.98 Å². The van der Waals surface area contributed by atoms with Gasteiger partial charge in [-0.2, -0.15) is 4.98 Å². The van der Waals surface area contributed by atoms with Crippen LogP contribution in [0.2, 0.25) is 0 Å². The molecule has 7 heteroatoms. The summed E-state index contributed by atoms with van der Waals surface area (Å²) in [7, 11) is 1.63. The van der Waals surface area contributed by atoms with Gasteiger partial charge in [-0.15, -0.1) is 0 Å². The van der Waals surface area contributed by atoms with Crippen molar-refractivity contribution in [2.75, 3.05) is 31.6 Å². The van der Waals surface area contributed by atoms with E-state index in [0.717, 1.165) is 49.2 Å². The van der Waals surface area contributed by atoms with Gasteiger partial charge in [0.15, 0.2) is 11.5 Å². The third kappa shape index (κ3) is 4.81. The molecule has 35 heavy (non-hydrogen) atoms. The number of anilines is 1. The number of ether oxygens (including phenoxy) is 2. The molecule has 0 spiro atoms. The number of carbonyl (C=O) groups excluding carboxylic acids is 1. The van der Waals surface area contributed by atoms with Gasteiger partial charge in [0.1, 0.15) is 0 Å². The maximum atomic E-state index is 13.6. The van der Waals surface area contributed by atoms with Crippen molar-refractivity contribution < 1.29 is 14.3 Å². The number of para-hydroxylation sites is 2. The molecule has 1 amide bonds. The molecule has 1 fully saturated rings. The van der Waals surface area contributed by atoms with E-state index in [4.69, 9.17) is 19.4 Å². The van der Waals surface area contributed by atoms with Crippen molar-refractivity contribution in [1.82, 2.24) is 14.9 Å². The van der Waals surface area contributed by atoms with Gasteiger partial charge in [0, 0.05) is 26.1 Å². The van der Waals surface area contributed by atoms with E-state index in [0.29, 0.717) is 42.8 Å². The van der Waals surface area contributed by atoms with Crippen LogP contribution in [-0.4, -0.2) is 47.5 Å². The molecule has 1 atom stereocenters. The first-order valence-corrected chi connectivity index (χ1v) is 12.5.